The summed E-state index contributed by atoms with van der Waals surface area (Å²) in [5.41, 5.74) is 11.7. The molecule has 1 amide bonds. The number of nitrogens with two attached hydrogens (primary N) is 1. The molecule has 1 aliphatic heterocycles. The van der Waals surface area contributed by atoms with Gasteiger partial charge in [0.05, 0.1) is 27.0 Å². The van der Waals surface area contributed by atoms with Crippen LogP contribution >= 0.6 is 11.3 Å². The Morgan fingerprint density at radius 2 is 1.78 bits per heavy atom. The summed E-state index contributed by atoms with van der Waals surface area (Å²) >= 11 is 1.31. The molecule has 0 atom stereocenters. The molecule has 8 nitrogen and oxygen atoms in total. The average Bonchev–Trinajstić information content (AvgIpc) is 3.22. The fraction of sp³-hybridized carbons (Fsp3) is 0.259. The number of anilines is 2. The summed E-state index contributed by atoms with van der Waals surface area (Å²) in [6, 6.07) is 13.2. The van der Waals surface area contributed by atoms with Crippen molar-refractivity contribution in [2.45, 2.75) is 13.0 Å². The molecule has 5 rings (SSSR count). The van der Waals surface area contributed by atoms with Crippen molar-refractivity contribution in [1.29, 1.82) is 0 Å². The molecule has 0 unspecified atom stereocenters. The first-order chi connectivity index (χ1) is 17.4. The predicted molar refractivity (Wildman–Crippen MR) is 144 cm³/mol. The number of pyridine rings is 1. The van der Waals surface area contributed by atoms with E-state index in [-0.39, 0.29) is 5.91 Å². The van der Waals surface area contributed by atoms with Crippen molar-refractivity contribution in [3.8, 4) is 28.4 Å². The Morgan fingerprint density at radius 1 is 1.08 bits per heavy atom. The number of methoxy groups -OCH3 is 3. The highest BCUT2D eigenvalue weighted by Crippen LogP contribution is 2.47. The summed E-state index contributed by atoms with van der Waals surface area (Å²) in [6.45, 7) is 1.62. The zero-order chi connectivity index (χ0) is 25.4. The van der Waals surface area contributed by atoms with Crippen LogP contribution < -0.4 is 25.3 Å². The molecule has 0 bridgehead atoms. The minimum atomic E-state index is -0.257. The van der Waals surface area contributed by atoms with E-state index in [1.54, 1.807) is 21.3 Å². The minimum absolute atomic E-state index is 0.257. The van der Waals surface area contributed by atoms with Gasteiger partial charge in [-0.15, -0.1) is 11.3 Å². The molecule has 3 heterocycles. The predicted octanol–water partition coefficient (Wildman–Crippen LogP) is 4.81. The summed E-state index contributed by atoms with van der Waals surface area (Å²) in [4.78, 5) is 21.6. The molecule has 3 N–H and O–H groups in total. The lowest BCUT2D eigenvalue weighted by atomic mass is 9.91. The van der Waals surface area contributed by atoms with Crippen molar-refractivity contribution in [3.63, 3.8) is 0 Å². The Kier molecular flexibility index (Phi) is 6.42. The van der Waals surface area contributed by atoms with Crippen molar-refractivity contribution >= 4 is 38.8 Å². The van der Waals surface area contributed by atoms with E-state index in [2.05, 4.69) is 17.3 Å². The Balaban J connectivity index is 1.75. The van der Waals surface area contributed by atoms with Gasteiger partial charge in [-0.1, -0.05) is 18.2 Å². The smallest absolute Gasteiger partial charge is 0.267 e. The van der Waals surface area contributed by atoms with Crippen LogP contribution in [0.4, 0.5) is 11.4 Å². The Labute approximate surface area is 213 Å². The normalized spacial score (nSPS) is 13.3. The van der Waals surface area contributed by atoms with Crippen LogP contribution in [0, 0.1) is 0 Å². The number of ether oxygens (including phenoxy) is 3. The molecule has 0 radical (unpaired) electrons. The van der Waals surface area contributed by atoms with Crippen LogP contribution in [0.5, 0.6) is 17.2 Å². The number of hydrogen-bond donors (Lipinski definition) is 2. The van der Waals surface area contributed by atoms with Crippen molar-refractivity contribution in [2.24, 2.45) is 0 Å². The van der Waals surface area contributed by atoms with E-state index in [4.69, 9.17) is 24.9 Å². The fourth-order valence-electron chi connectivity index (χ4n) is 4.68. The summed E-state index contributed by atoms with van der Waals surface area (Å²) in [5.74, 6) is 1.35. The standard InChI is InChI=1S/C27H28N4O4S/c1-31-11-10-18-17(14-31)21(15-12-19(33-2)24(35-4)20(13-15)34-3)22-23(28)25(36-27(22)30-18)26(32)29-16-8-6-5-7-9-16/h5-9,12-13H,10-11,14,28H2,1-4H3,(H,29,32). The molecule has 4 aromatic rings. The molecule has 2 aromatic heterocycles. The lowest BCUT2D eigenvalue weighted by Crippen LogP contribution is -2.28. The largest absolute Gasteiger partial charge is 0.493 e. The number of aromatic nitrogens is 1. The van der Waals surface area contributed by atoms with E-state index in [9.17, 15) is 4.79 Å². The number of carbonyl (C=O) groups is 1. The highest BCUT2D eigenvalue weighted by atomic mass is 32.1. The van der Waals surface area contributed by atoms with Gasteiger partial charge in [-0.25, -0.2) is 4.98 Å². The lowest BCUT2D eigenvalue weighted by Gasteiger charge is -2.27. The van der Waals surface area contributed by atoms with Gasteiger partial charge in [0.2, 0.25) is 5.75 Å². The number of thiophene rings is 1. The first-order valence-corrected chi connectivity index (χ1v) is 12.4. The van der Waals surface area contributed by atoms with Gasteiger partial charge in [-0.05, 0) is 42.4 Å². The fourth-order valence-corrected chi connectivity index (χ4v) is 5.70. The summed E-state index contributed by atoms with van der Waals surface area (Å²) < 4.78 is 16.8. The third-order valence-corrected chi connectivity index (χ3v) is 7.51. The highest BCUT2D eigenvalue weighted by Gasteiger charge is 2.28. The maximum absolute atomic E-state index is 13.2. The summed E-state index contributed by atoms with van der Waals surface area (Å²) in [7, 11) is 6.85. The van der Waals surface area contributed by atoms with Crippen molar-refractivity contribution in [2.75, 3.05) is 46.0 Å². The number of likely N-dealkylation sites (N-methyl/N-ethyl adjacent to an activating group) is 1. The molecule has 0 spiro atoms. The second-order valence-corrected chi connectivity index (χ2v) is 9.66. The number of amides is 1. The number of rotatable bonds is 6. The molecular weight excluding hydrogens is 476 g/mol. The molecule has 9 heteroatoms. The monoisotopic (exact) mass is 504 g/mol. The van der Waals surface area contributed by atoms with Crippen LogP contribution in [0.15, 0.2) is 42.5 Å². The molecule has 186 valence electrons. The number of benzene rings is 2. The van der Waals surface area contributed by atoms with Gasteiger partial charge in [0.1, 0.15) is 9.71 Å². The zero-order valence-electron chi connectivity index (χ0n) is 20.7. The molecule has 36 heavy (non-hydrogen) atoms. The zero-order valence-corrected chi connectivity index (χ0v) is 21.5. The third kappa shape index (κ3) is 4.10. The molecule has 2 aromatic carbocycles. The molecule has 0 aliphatic carbocycles. The summed E-state index contributed by atoms with van der Waals surface area (Å²) in [6.07, 6.45) is 0.808. The third-order valence-electron chi connectivity index (χ3n) is 6.41. The maximum Gasteiger partial charge on any atom is 0.267 e. The van der Waals surface area contributed by atoms with E-state index >= 15 is 0 Å². The van der Waals surface area contributed by atoms with Gasteiger partial charge in [0, 0.05) is 41.8 Å². The minimum Gasteiger partial charge on any atom is -0.493 e. The molecule has 1 aliphatic rings. The van der Waals surface area contributed by atoms with E-state index in [1.165, 1.54) is 11.3 Å². The van der Waals surface area contributed by atoms with Gasteiger partial charge in [-0.3, -0.25) is 4.79 Å². The van der Waals surface area contributed by atoms with E-state index in [0.29, 0.717) is 40.0 Å². The van der Waals surface area contributed by atoms with E-state index in [1.807, 2.05) is 42.5 Å². The number of hydrogen-bond acceptors (Lipinski definition) is 8. The van der Waals surface area contributed by atoms with Gasteiger partial charge < -0.3 is 30.2 Å². The quantitative estimate of drug-likeness (QED) is 0.389. The Morgan fingerprint density at radius 3 is 2.42 bits per heavy atom. The van der Waals surface area contributed by atoms with E-state index in [0.717, 1.165) is 45.6 Å². The van der Waals surface area contributed by atoms with Gasteiger partial charge in [0.15, 0.2) is 11.5 Å². The van der Waals surface area contributed by atoms with Crippen LogP contribution in [0.25, 0.3) is 21.3 Å². The Bertz CT molecular complexity index is 1430. The topological polar surface area (TPSA) is 98.9 Å². The van der Waals surface area contributed by atoms with Crippen LogP contribution in [0.3, 0.4) is 0 Å². The number of nitrogens with one attached hydrogen (secondary N) is 1. The number of nitrogen functional groups attached to an aromatic ring is 1. The number of para-hydroxylation sites is 1. The van der Waals surface area contributed by atoms with Crippen molar-refractivity contribution in [3.05, 3.63) is 58.6 Å². The second-order valence-electron chi connectivity index (χ2n) is 8.66. The van der Waals surface area contributed by atoms with Crippen LogP contribution in [-0.4, -0.2) is 50.7 Å². The SMILES string of the molecule is COc1cc(-c2c3c(nc4sc(C(=O)Nc5ccccc5)c(N)c24)CCN(C)C3)cc(OC)c1OC. The number of nitrogens with zero attached hydrogens (tertiary/aromatic N) is 2. The van der Waals surface area contributed by atoms with Gasteiger partial charge in [0.25, 0.3) is 5.91 Å². The number of fused-ring (bicyclic) bond motifs is 2. The van der Waals surface area contributed by atoms with Gasteiger partial charge in [-0.2, -0.15) is 0 Å². The second kappa shape index (κ2) is 9.67. The highest BCUT2D eigenvalue weighted by molar-refractivity contribution is 7.21. The molecule has 0 saturated heterocycles. The van der Waals surface area contributed by atoms with Crippen LogP contribution in [0.1, 0.15) is 20.9 Å². The van der Waals surface area contributed by atoms with Crippen molar-refractivity contribution < 1.29 is 19.0 Å². The number of carbonyl (C=O) groups excluding carboxylic acids is 1. The molecule has 0 fully saturated rings. The first kappa shape index (κ1) is 23.9. The van der Waals surface area contributed by atoms with Crippen LogP contribution in [-0.2, 0) is 13.0 Å². The van der Waals surface area contributed by atoms with Gasteiger partial charge >= 0.3 is 0 Å². The maximum atomic E-state index is 13.2. The lowest BCUT2D eigenvalue weighted by molar-refractivity contribution is 0.103. The molecule has 0 saturated carbocycles. The van der Waals surface area contributed by atoms with Crippen LogP contribution in [0.2, 0.25) is 0 Å². The molecular formula is C27H28N4O4S. The Hall–Kier alpha value is -3.82. The summed E-state index contributed by atoms with van der Waals surface area (Å²) in [5, 5.41) is 3.71. The average molecular weight is 505 g/mol. The van der Waals surface area contributed by atoms with Crippen molar-refractivity contribution in [1.82, 2.24) is 9.88 Å². The first-order valence-electron chi connectivity index (χ1n) is 11.5. The van der Waals surface area contributed by atoms with E-state index < -0.39 is 0 Å².